The van der Waals surface area contributed by atoms with E-state index < -0.39 is 36.3 Å². The van der Waals surface area contributed by atoms with Crippen LogP contribution in [-0.2, 0) is 9.53 Å². The van der Waals surface area contributed by atoms with E-state index in [9.17, 15) is 23.8 Å². The summed E-state index contributed by atoms with van der Waals surface area (Å²) in [5.41, 5.74) is 0. The molecular weight excluding hydrogens is 382 g/mol. The van der Waals surface area contributed by atoms with Gasteiger partial charge in [-0.25, -0.2) is 8.78 Å². The smallest absolute Gasteiger partial charge is 0.241 e. The predicted molar refractivity (Wildman–Crippen MR) is 106 cm³/mol. The van der Waals surface area contributed by atoms with Gasteiger partial charge in [-0.15, -0.1) is 0 Å². The molecule has 1 saturated carbocycles. The number of unbranched alkanes of at least 4 members (excludes halogenated alkanes) is 1. The third-order valence-corrected chi connectivity index (χ3v) is 6.63. The molecule has 5 atom stereocenters. The summed E-state index contributed by atoms with van der Waals surface area (Å²) in [6.07, 6.45) is 6.28. The molecule has 1 saturated heterocycles. The van der Waals surface area contributed by atoms with Gasteiger partial charge in [-0.2, -0.15) is 0 Å². The first kappa shape index (κ1) is 24.1. The third-order valence-electron chi connectivity index (χ3n) is 6.63. The SMILES string of the molecule is CCCC[C@@H](CCC[C@H]1CC[C@@H]2OC(CCC(O)=C(O)C(=O)CO)C[C@H]12)C(F)F. The van der Waals surface area contributed by atoms with Gasteiger partial charge in [-0.05, 0) is 50.4 Å². The minimum atomic E-state index is -2.23. The Morgan fingerprint density at radius 1 is 1.14 bits per heavy atom. The zero-order valence-electron chi connectivity index (χ0n) is 17.4. The van der Waals surface area contributed by atoms with E-state index in [0.29, 0.717) is 31.1 Å². The molecule has 168 valence electrons. The van der Waals surface area contributed by atoms with Crippen molar-refractivity contribution in [2.45, 2.75) is 96.2 Å². The molecule has 0 radical (unpaired) electrons. The fourth-order valence-corrected chi connectivity index (χ4v) is 4.93. The molecule has 7 heteroatoms. The molecule has 1 aliphatic carbocycles. The molecule has 2 rings (SSSR count). The van der Waals surface area contributed by atoms with Gasteiger partial charge in [-0.1, -0.05) is 32.6 Å². The average molecular weight is 419 g/mol. The Morgan fingerprint density at radius 3 is 2.52 bits per heavy atom. The highest BCUT2D eigenvalue weighted by atomic mass is 19.3. The number of rotatable bonds is 13. The number of carbonyl (C=O) groups excluding carboxylic acids is 1. The fourth-order valence-electron chi connectivity index (χ4n) is 4.93. The van der Waals surface area contributed by atoms with Crippen LogP contribution < -0.4 is 0 Å². The lowest BCUT2D eigenvalue weighted by Crippen LogP contribution is -2.15. The van der Waals surface area contributed by atoms with Crippen molar-refractivity contribution in [1.29, 1.82) is 0 Å². The Morgan fingerprint density at radius 2 is 1.86 bits per heavy atom. The molecule has 0 aromatic rings. The largest absolute Gasteiger partial charge is 0.508 e. The van der Waals surface area contributed by atoms with E-state index in [4.69, 9.17) is 9.84 Å². The molecular formula is C22H36F2O5. The summed E-state index contributed by atoms with van der Waals surface area (Å²) in [7, 11) is 0. The Bertz CT molecular complexity index is 551. The van der Waals surface area contributed by atoms with Crippen molar-refractivity contribution in [2.75, 3.05) is 6.61 Å². The minimum absolute atomic E-state index is 0.0367. The van der Waals surface area contributed by atoms with Crippen LogP contribution in [0.4, 0.5) is 8.78 Å². The maximum Gasteiger partial charge on any atom is 0.241 e. The zero-order chi connectivity index (χ0) is 21.4. The van der Waals surface area contributed by atoms with Crippen molar-refractivity contribution < 1.29 is 33.6 Å². The number of hydrogen-bond acceptors (Lipinski definition) is 5. The average Bonchev–Trinajstić information content (AvgIpc) is 3.28. The van der Waals surface area contributed by atoms with E-state index in [2.05, 4.69) is 0 Å². The van der Waals surface area contributed by atoms with Gasteiger partial charge in [0.1, 0.15) is 12.4 Å². The summed E-state index contributed by atoms with van der Waals surface area (Å²) >= 11 is 0. The van der Waals surface area contributed by atoms with E-state index in [1.54, 1.807) is 0 Å². The van der Waals surface area contributed by atoms with Crippen LogP contribution in [0, 0.1) is 17.8 Å². The summed E-state index contributed by atoms with van der Waals surface area (Å²) in [5, 5.41) is 28.0. The van der Waals surface area contributed by atoms with Crippen molar-refractivity contribution in [3.8, 4) is 0 Å². The van der Waals surface area contributed by atoms with Crippen LogP contribution >= 0.6 is 0 Å². The number of hydrogen-bond donors (Lipinski definition) is 3. The van der Waals surface area contributed by atoms with Crippen molar-refractivity contribution in [3.63, 3.8) is 0 Å². The van der Waals surface area contributed by atoms with Crippen LogP contribution in [-0.4, -0.2) is 46.3 Å². The summed E-state index contributed by atoms with van der Waals surface area (Å²) in [6, 6.07) is 0. The van der Waals surface area contributed by atoms with Crippen LogP contribution in [0.15, 0.2) is 11.5 Å². The summed E-state index contributed by atoms with van der Waals surface area (Å²) < 4.78 is 32.4. The molecule has 1 heterocycles. The number of fused-ring (bicyclic) bond motifs is 1. The van der Waals surface area contributed by atoms with Crippen LogP contribution in [0.2, 0.25) is 0 Å². The van der Waals surface area contributed by atoms with Gasteiger partial charge in [0.05, 0.1) is 12.2 Å². The third kappa shape index (κ3) is 6.92. The van der Waals surface area contributed by atoms with Crippen LogP contribution in [0.25, 0.3) is 0 Å². The lowest BCUT2D eigenvalue weighted by Gasteiger charge is -2.20. The first-order chi connectivity index (χ1) is 13.9. The number of halogens is 2. The molecule has 2 aliphatic rings. The van der Waals surface area contributed by atoms with E-state index in [0.717, 1.165) is 44.9 Å². The topological polar surface area (TPSA) is 87.0 Å². The van der Waals surface area contributed by atoms with Gasteiger partial charge >= 0.3 is 0 Å². The van der Waals surface area contributed by atoms with Crippen LogP contribution in [0.3, 0.4) is 0 Å². The van der Waals surface area contributed by atoms with Crippen molar-refractivity contribution in [2.24, 2.45) is 17.8 Å². The lowest BCUT2D eigenvalue weighted by molar-refractivity contribution is -0.120. The highest BCUT2D eigenvalue weighted by Crippen LogP contribution is 2.46. The number of allylic oxidation sites excluding steroid dienone is 1. The van der Waals surface area contributed by atoms with Crippen molar-refractivity contribution in [3.05, 3.63) is 11.5 Å². The Hall–Kier alpha value is -1.21. The molecule has 0 spiro atoms. The molecule has 3 N–H and O–H groups in total. The van der Waals surface area contributed by atoms with E-state index >= 15 is 0 Å². The second kappa shape index (κ2) is 11.8. The molecule has 1 aliphatic heterocycles. The first-order valence-electron chi connectivity index (χ1n) is 11.1. The Balaban J connectivity index is 1.75. The minimum Gasteiger partial charge on any atom is -0.508 e. The van der Waals surface area contributed by atoms with E-state index in [1.807, 2.05) is 6.92 Å². The van der Waals surface area contributed by atoms with Gasteiger partial charge in [0.15, 0.2) is 5.76 Å². The van der Waals surface area contributed by atoms with Gasteiger partial charge in [-0.3, -0.25) is 4.79 Å². The van der Waals surface area contributed by atoms with Gasteiger partial charge in [0.2, 0.25) is 12.2 Å². The number of Topliss-reactive ketones (excluding diaryl/α,β-unsaturated/α-hetero) is 1. The Labute approximate surface area is 172 Å². The van der Waals surface area contributed by atoms with Gasteiger partial charge in [0.25, 0.3) is 0 Å². The number of ether oxygens (including phenoxy) is 1. The molecule has 0 amide bonds. The maximum absolute atomic E-state index is 13.2. The number of aliphatic hydroxyl groups excluding tert-OH is 3. The lowest BCUT2D eigenvalue weighted by atomic mass is 9.85. The summed E-state index contributed by atoms with van der Waals surface area (Å²) in [4.78, 5) is 11.2. The molecule has 0 bridgehead atoms. The van der Waals surface area contributed by atoms with E-state index in [1.165, 1.54) is 0 Å². The van der Waals surface area contributed by atoms with Crippen LogP contribution in [0.5, 0.6) is 0 Å². The monoisotopic (exact) mass is 418 g/mol. The van der Waals surface area contributed by atoms with Crippen molar-refractivity contribution in [1.82, 2.24) is 0 Å². The van der Waals surface area contributed by atoms with Crippen molar-refractivity contribution >= 4 is 5.78 Å². The summed E-state index contributed by atoms with van der Waals surface area (Å²) in [6.45, 7) is 1.19. The molecule has 0 aromatic heterocycles. The zero-order valence-corrected chi connectivity index (χ0v) is 17.4. The van der Waals surface area contributed by atoms with E-state index in [-0.39, 0.29) is 18.6 Å². The number of alkyl halides is 2. The standard InChI is InChI=1S/C22H36F2O5/c1-2-3-5-15(22(23)24)7-4-6-14-8-11-20-17(14)12-16(29-20)9-10-18(26)21(28)19(27)13-25/h14-17,20,22,25-26,28H,2-13H2,1H3/t14-,15-,16?,17+,20-/m0/s1. The van der Waals surface area contributed by atoms with Gasteiger partial charge < -0.3 is 20.1 Å². The second-order valence-electron chi connectivity index (χ2n) is 8.62. The first-order valence-corrected chi connectivity index (χ1v) is 11.1. The number of carbonyl (C=O) groups is 1. The van der Waals surface area contributed by atoms with Gasteiger partial charge in [0, 0.05) is 12.3 Å². The maximum atomic E-state index is 13.2. The normalized spacial score (nSPS) is 28.4. The number of aliphatic hydroxyl groups is 3. The predicted octanol–water partition coefficient (Wildman–Crippen LogP) is 5.08. The molecule has 2 fully saturated rings. The number of ketones is 1. The van der Waals surface area contributed by atoms with Crippen LogP contribution in [0.1, 0.15) is 77.6 Å². The highest BCUT2D eigenvalue weighted by Gasteiger charge is 2.43. The molecule has 29 heavy (non-hydrogen) atoms. The Kier molecular flexibility index (Phi) is 9.83. The quantitative estimate of drug-likeness (QED) is 0.287. The molecule has 5 nitrogen and oxygen atoms in total. The molecule has 1 unspecified atom stereocenters. The fraction of sp³-hybridized carbons (Fsp3) is 0.864. The summed E-state index contributed by atoms with van der Waals surface area (Å²) in [5.74, 6) is -1.63. The second-order valence-corrected chi connectivity index (χ2v) is 8.62. The highest BCUT2D eigenvalue weighted by molar-refractivity contribution is 5.94. The molecule has 0 aromatic carbocycles.